The van der Waals surface area contributed by atoms with Crippen LogP contribution < -0.4 is 4.90 Å². The number of aliphatic hydroxyl groups is 8. The highest BCUT2D eigenvalue weighted by atomic mass is 33.1. The number of rotatable bonds is 5. The highest BCUT2D eigenvalue weighted by Crippen LogP contribution is 2.78. The number of aromatic hydroxyl groups is 1. The molecule has 13 aliphatic rings. The minimum absolute atomic E-state index is 0.0356. The topological polar surface area (TPSA) is 232 Å². The number of amides is 1. The molecule has 0 aromatic heterocycles. The maximum absolute atomic E-state index is 16.2. The van der Waals surface area contributed by atoms with Crippen molar-refractivity contribution in [3.63, 3.8) is 0 Å². The number of ketones is 1. The highest BCUT2D eigenvalue weighted by Gasteiger charge is 2.82. The molecule has 8 aliphatic carbocycles. The van der Waals surface area contributed by atoms with Crippen molar-refractivity contribution < 1.29 is 60.3 Å². The second-order valence-electron chi connectivity index (χ2n) is 25.4. The molecule has 15 heteroatoms. The second kappa shape index (κ2) is 16.1. The molecule has 5 saturated carbocycles. The van der Waals surface area contributed by atoms with E-state index in [-0.39, 0.29) is 67.9 Å². The smallest absolute Gasteiger partial charge is 0.235 e. The van der Waals surface area contributed by atoms with Gasteiger partial charge in [0.05, 0.1) is 48.0 Å². The van der Waals surface area contributed by atoms with E-state index < -0.39 is 103 Å². The van der Waals surface area contributed by atoms with Gasteiger partial charge in [-0.2, -0.15) is 0 Å². The molecular formula is C56H75NO12S2. The number of hydrogen-bond donors (Lipinski definition) is 9. The highest BCUT2D eigenvalue weighted by molar-refractivity contribution is 8.76. The number of ether oxygens (including phenoxy) is 1. The molecule has 1 aromatic carbocycles. The summed E-state index contributed by atoms with van der Waals surface area (Å²) in [6, 6.07) is 5.27. The van der Waals surface area contributed by atoms with Crippen molar-refractivity contribution in [3.05, 3.63) is 59.7 Å². The maximum atomic E-state index is 16.2. The Hall–Kier alpha value is -2.28. The van der Waals surface area contributed by atoms with Gasteiger partial charge in [0.15, 0.2) is 5.78 Å². The molecule has 20 atom stereocenters. The third-order valence-corrected chi connectivity index (χ3v) is 25.6. The van der Waals surface area contributed by atoms with Crippen LogP contribution in [0.2, 0.25) is 0 Å². The summed E-state index contributed by atoms with van der Waals surface area (Å²) in [5, 5.41) is 112. The monoisotopic (exact) mass is 1020 g/mol. The zero-order valence-electron chi connectivity index (χ0n) is 41.6. The van der Waals surface area contributed by atoms with Crippen LogP contribution in [-0.2, 0) is 20.7 Å². The van der Waals surface area contributed by atoms with Crippen molar-refractivity contribution >= 4 is 39.0 Å². The molecule has 1 aromatic rings. The Bertz CT molecular complexity index is 2500. The Labute approximate surface area is 425 Å². The van der Waals surface area contributed by atoms with Gasteiger partial charge in [-0.15, -0.1) is 0 Å². The van der Waals surface area contributed by atoms with E-state index in [1.165, 1.54) is 10.8 Å². The summed E-state index contributed by atoms with van der Waals surface area (Å²) in [4.78, 5) is 33.7. The number of phenolic OH excluding ortho intramolecular Hbond substituents is 1. The van der Waals surface area contributed by atoms with Crippen LogP contribution in [0, 0.1) is 73.9 Å². The lowest BCUT2D eigenvalue weighted by atomic mass is 9.38. The Morgan fingerprint density at radius 2 is 1.69 bits per heavy atom. The number of hydrogen-bond acceptors (Lipinski definition) is 14. The number of carbonyl (C=O) groups excluding carboxylic acids is 2. The fourth-order valence-electron chi connectivity index (χ4n) is 19.4. The summed E-state index contributed by atoms with van der Waals surface area (Å²) in [6.07, 6.45) is 11.2. The van der Waals surface area contributed by atoms with Crippen LogP contribution in [0.15, 0.2) is 54.2 Å². The van der Waals surface area contributed by atoms with Gasteiger partial charge in [0, 0.05) is 46.2 Å². The van der Waals surface area contributed by atoms with Crippen LogP contribution in [-0.4, -0.2) is 130 Å². The van der Waals surface area contributed by atoms with Crippen molar-refractivity contribution in [2.24, 2.45) is 73.9 Å². The average molecular weight is 1020 g/mol. The Morgan fingerprint density at radius 3 is 2.44 bits per heavy atom. The molecule has 9 N–H and O–H groups in total. The number of epoxide rings is 1. The number of allylic oxidation sites excluding steroid dienone is 3. The molecule has 8 bridgehead atoms. The normalized spacial score (nSPS) is 52.0. The van der Waals surface area contributed by atoms with E-state index >= 15 is 9.59 Å². The van der Waals surface area contributed by atoms with Crippen LogP contribution in [0.1, 0.15) is 110 Å². The fraction of sp³-hybridized carbons (Fsp3) is 0.750. The third-order valence-electron chi connectivity index (χ3n) is 23.0. The largest absolute Gasteiger partial charge is 0.508 e. The minimum atomic E-state index is -2.02. The van der Waals surface area contributed by atoms with Gasteiger partial charge in [-0.1, -0.05) is 80.0 Å². The van der Waals surface area contributed by atoms with Crippen molar-refractivity contribution in [2.75, 3.05) is 30.4 Å². The number of aryl methyl sites for hydroxylation is 1. The van der Waals surface area contributed by atoms with Crippen LogP contribution in [0.5, 0.6) is 5.75 Å². The third kappa shape index (κ3) is 5.90. The van der Waals surface area contributed by atoms with Gasteiger partial charge in [-0.05, 0) is 147 Å². The Kier molecular flexibility index (Phi) is 11.3. The zero-order chi connectivity index (χ0) is 50.3. The quantitative estimate of drug-likeness (QED) is 0.103. The van der Waals surface area contributed by atoms with Crippen molar-refractivity contribution in [1.82, 2.24) is 0 Å². The van der Waals surface area contributed by atoms with E-state index in [1.54, 1.807) is 23.1 Å². The molecule has 71 heavy (non-hydrogen) atoms. The summed E-state index contributed by atoms with van der Waals surface area (Å²) < 4.78 is 6.51. The van der Waals surface area contributed by atoms with E-state index in [0.717, 1.165) is 16.4 Å². The molecular weight excluding hydrogens is 943 g/mol. The minimum Gasteiger partial charge on any atom is -0.508 e. The molecule has 4 spiro atoms. The predicted octanol–water partition coefficient (Wildman–Crippen LogP) is 5.37. The Balaban J connectivity index is 1.07. The standard InChI is InChI=1S/C56H75NO12S2/c1-30(2)31(3)44-45(69-44)54(67)15-6-7-34-21-38-39-23-42(62)52(24-43(63)50(66,29-59)26-48(38,52)4)47(65)71-70-25-35-8-5-14-49(28-58)16-12-33-9-10-41(61)53(33)27-57(46(64)56(35,49)53)36-19-32(20-37(60)22-36)11-17-51(34)40(54)13-18-55(39,51)68/h6-7,12,16,19-20,22-23,30-31,33-35,38,40-41,43-45,47,58-61,63,65-68H,5,8-11,13-15,17-18,21,24-29H2,1-4H3. The second-order valence-corrected chi connectivity index (χ2v) is 27.9. The predicted molar refractivity (Wildman–Crippen MR) is 268 cm³/mol. The molecule has 2 saturated heterocycles. The lowest BCUT2D eigenvalue weighted by Gasteiger charge is -2.68. The molecule has 388 valence electrons. The van der Waals surface area contributed by atoms with Gasteiger partial charge in [0.25, 0.3) is 0 Å². The van der Waals surface area contributed by atoms with Crippen molar-refractivity contribution in [1.29, 1.82) is 0 Å². The van der Waals surface area contributed by atoms with E-state index in [2.05, 4.69) is 39.0 Å². The number of benzene rings is 1. The van der Waals surface area contributed by atoms with Gasteiger partial charge in [-0.3, -0.25) is 9.59 Å². The first-order chi connectivity index (χ1) is 33.6. The lowest BCUT2D eigenvalue weighted by molar-refractivity contribution is -0.235. The maximum Gasteiger partial charge on any atom is 0.235 e. The molecule has 7 fully saturated rings. The first kappa shape index (κ1) is 49.6. The average Bonchev–Trinajstić information content (AvgIpc) is 3.93. The van der Waals surface area contributed by atoms with Crippen LogP contribution >= 0.6 is 21.6 Å². The van der Waals surface area contributed by atoms with Crippen molar-refractivity contribution in [2.45, 2.75) is 158 Å². The molecule has 5 heterocycles. The number of carbonyl (C=O) groups is 2. The number of nitrogens with zero attached hydrogens (tertiary/aromatic N) is 1. The number of anilines is 1. The molecule has 5 aliphatic heterocycles. The van der Waals surface area contributed by atoms with E-state index in [9.17, 15) is 46.0 Å². The van der Waals surface area contributed by atoms with E-state index in [0.29, 0.717) is 87.1 Å². The van der Waals surface area contributed by atoms with Gasteiger partial charge in [-0.25, -0.2) is 0 Å². The first-order valence-corrected chi connectivity index (χ1v) is 29.2. The molecule has 14 rings (SSSR count). The zero-order valence-corrected chi connectivity index (χ0v) is 43.2. The Morgan fingerprint density at radius 1 is 0.901 bits per heavy atom. The SMILES string of the molecule is CC(C)C(C)C1OC1C1(O)CC=CC2CC3C4=CC(=O)C5(CC(O)C(O)(CO)CC35C)C(O)SSCC3CCCC5(CO)C=CC6CCC(O)C67CN(C(=O)C357)c3cc(O)cc(c3)CCC23C1CCC43O. The summed E-state index contributed by atoms with van der Waals surface area (Å²) in [6.45, 7) is 7.43. The van der Waals surface area contributed by atoms with E-state index in [4.69, 9.17) is 4.74 Å². The molecule has 20 unspecified atom stereocenters. The first-order valence-electron chi connectivity index (χ1n) is 26.8. The van der Waals surface area contributed by atoms with E-state index in [1.807, 2.05) is 19.1 Å². The number of fused-ring (bicyclic) bond motifs is 1. The molecule has 13 nitrogen and oxygen atoms in total. The van der Waals surface area contributed by atoms with Crippen LogP contribution in [0.4, 0.5) is 5.69 Å². The molecule has 0 radical (unpaired) electrons. The molecule has 1 amide bonds. The van der Waals surface area contributed by atoms with Crippen LogP contribution in [0.25, 0.3) is 0 Å². The lowest BCUT2D eigenvalue weighted by Crippen LogP contribution is -2.72. The summed E-state index contributed by atoms with van der Waals surface area (Å²) in [5.74, 6) is -1.98. The number of phenols is 1. The van der Waals surface area contributed by atoms with Crippen LogP contribution in [0.3, 0.4) is 0 Å². The summed E-state index contributed by atoms with van der Waals surface area (Å²) in [7, 11) is 2.46. The van der Waals surface area contributed by atoms with Crippen molar-refractivity contribution in [3.8, 4) is 5.75 Å². The van der Waals surface area contributed by atoms with Gasteiger partial charge < -0.3 is 55.6 Å². The van der Waals surface area contributed by atoms with Gasteiger partial charge >= 0.3 is 0 Å². The fourth-order valence-corrected chi connectivity index (χ4v) is 22.4. The van der Waals surface area contributed by atoms with Gasteiger partial charge in [0.1, 0.15) is 28.5 Å². The summed E-state index contributed by atoms with van der Waals surface area (Å²) >= 11 is 0. The number of aliphatic hydroxyl groups excluding tert-OH is 5. The van der Waals surface area contributed by atoms with Gasteiger partial charge in [0.2, 0.25) is 5.91 Å². The summed E-state index contributed by atoms with van der Waals surface area (Å²) in [5.41, 5.74) is -12.2.